The van der Waals surface area contributed by atoms with Gasteiger partial charge in [0.05, 0.1) is 6.61 Å². The molecule has 1 aromatic rings. The Morgan fingerprint density at radius 2 is 1.74 bits per heavy atom. The highest BCUT2D eigenvalue weighted by Gasteiger charge is 2.08. The Balaban J connectivity index is 2.97. The Bertz CT molecular complexity index is 404. The van der Waals surface area contributed by atoms with Gasteiger partial charge in [0.1, 0.15) is 5.75 Å². The van der Waals surface area contributed by atoms with Crippen molar-refractivity contribution in [1.29, 1.82) is 0 Å². The summed E-state index contributed by atoms with van der Waals surface area (Å²) in [5, 5.41) is 0. The van der Waals surface area contributed by atoms with E-state index < -0.39 is 0 Å². The molecule has 0 bridgehead atoms. The zero-order chi connectivity index (χ0) is 14.4. The maximum atomic E-state index is 5.89. The minimum Gasteiger partial charge on any atom is -0.493 e. The molecule has 0 fully saturated rings. The Hall–Kier alpha value is -1.24. The van der Waals surface area contributed by atoms with Crippen LogP contribution >= 0.6 is 0 Å². The molecule has 0 amide bonds. The molecule has 0 heterocycles. The van der Waals surface area contributed by atoms with Crippen LogP contribution < -0.4 is 4.74 Å². The molecular weight excluding hydrogens is 232 g/mol. The fourth-order valence-electron chi connectivity index (χ4n) is 2.02. The zero-order valence-corrected chi connectivity index (χ0v) is 13.1. The standard InChI is InChI=1S/C18H28O/c1-7-15(6)17-9-16(8-13(2)3)10-18(11-17)19-12-14(4)5/h7,9-11,13-15H,1,8,12H2,2-6H3. The van der Waals surface area contributed by atoms with Gasteiger partial charge in [-0.15, -0.1) is 6.58 Å². The van der Waals surface area contributed by atoms with Crippen LogP contribution in [0.2, 0.25) is 0 Å². The molecular formula is C18H28O. The average molecular weight is 260 g/mol. The number of allylic oxidation sites excluding steroid dienone is 1. The maximum Gasteiger partial charge on any atom is 0.119 e. The summed E-state index contributed by atoms with van der Waals surface area (Å²) in [5.41, 5.74) is 2.66. The third-order valence-electron chi connectivity index (χ3n) is 3.10. The number of ether oxygens (including phenoxy) is 1. The highest BCUT2D eigenvalue weighted by molar-refractivity contribution is 5.37. The average Bonchev–Trinajstić information content (AvgIpc) is 2.34. The molecule has 0 radical (unpaired) electrons. The second-order valence-corrected chi connectivity index (χ2v) is 6.24. The van der Waals surface area contributed by atoms with Gasteiger partial charge >= 0.3 is 0 Å². The van der Waals surface area contributed by atoms with Crippen LogP contribution in [0.3, 0.4) is 0 Å². The molecule has 1 unspecified atom stereocenters. The molecule has 0 aliphatic rings. The number of hydrogen-bond donors (Lipinski definition) is 0. The molecule has 0 aromatic heterocycles. The van der Waals surface area contributed by atoms with Gasteiger partial charge < -0.3 is 4.74 Å². The van der Waals surface area contributed by atoms with Gasteiger partial charge in [-0.05, 0) is 47.4 Å². The van der Waals surface area contributed by atoms with Crippen molar-refractivity contribution in [2.75, 3.05) is 6.61 Å². The first-order valence-corrected chi connectivity index (χ1v) is 7.31. The minimum atomic E-state index is 0.369. The molecule has 1 nitrogen and oxygen atoms in total. The van der Waals surface area contributed by atoms with Crippen LogP contribution in [0.5, 0.6) is 5.75 Å². The van der Waals surface area contributed by atoms with Crippen LogP contribution in [0.4, 0.5) is 0 Å². The SMILES string of the molecule is C=CC(C)c1cc(CC(C)C)cc(OCC(C)C)c1. The van der Waals surface area contributed by atoms with Gasteiger partial charge in [-0.2, -0.15) is 0 Å². The molecule has 0 aliphatic carbocycles. The second kappa shape index (κ2) is 7.37. The van der Waals surface area contributed by atoms with E-state index in [2.05, 4.69) is 59.4 Å². The Morgan fingerprint density at radius 3 is 2.26 bits per heavy atom. The van der Waals surface area contributed by atoms with Gasteiger partial charge in [0.2, 0.25) is 0 Å². The lowest BCUT2D eigenvalue weighted by atomic mass is 9.95. The summed E-state index contributed by atoms with van der Waals surface area (Å²) in [6, 6.07) is 6.62. The highest BCUT2D eigenvalue weighted by Crippen LogP contribution is 2.25. The monoisotopic (exact) mass is 260 g/mol. The van der Waals surface area contributed by atoms with Crippen molar-refractivity contribution in [1.82, 2.24) is 0 Å². The molecule has 0 saturated carbocycles. The molecule has 1 heteroatoms. The lowest BCUT2D eigenvalue weighted by Crippen LogP contribution is -2.06. The first kappa shape index (κ1) is 15.8. The smallest absolute Gasteiger partial charge is 0.119 e. The van der Waals surface area contributed by atoms with Crippen LogP contribution in [-0.2, 0) is 6.42 Å². The van der Waals surface area contributed by atoms with E-state index in [9.17, 15) is 0 Å². The van der Waals surface area contributed by atoms with Crippen molar-refractivity contribution in [3.05, 3.63) is 42.0 Å². The summed E-state index contributed by atoms with van der Waals surface area (Å²) in [4.78, 5) is 0. The van der Waals surface area contributed by atoms with Gasteiger partial charge in [-0.1, -0.05) is 46.8 Å². The zero-order valence-electron chi connectivity index (χ0n) is 13.1. The van der Waals surface area contributed by atoms with Gasteiger partial charge in [0.15, 0.2) is 0 Å². The predicted octanol–water partition coefficient (Wildman–Crippen LogP) is 5.21. The van der Waals surface area contributed by atoms with E-state index >= 15 is 0 Å². The van der Waals surface area contributed by atoms with E-state index in [1.165, 1.54) is 11.1 Å². The highest BCUT2D eigenvalue weighted by atomic mass is 16.5. The summed E-state index contributed by atoms with van der Waals surface area (Å²) in [6.45, 7) is 15.7. The van der Waals surface area contributed by atoms with E-state index in [0.717, 1.165) is 18.8 Å². The molecule has 1 atom stereocenters. The van der Waals surface area contributed by atoms with E-state index in [1.807, 2.05) is 6.08 Å². The molecule has 0 aliphatic heterocycles. The molecule has 0 N–H and O–H groups in total. The van der Waals surface area contributed by atoms with E-state index in [1.54, 1.807) is 0 Å². The molecule has 0 spiro atoms. The molecule has 19 heavy (non-hydrogen) atoms. The summed E-state index contributed by atoms with van der Waals surface area (Å²) >= 11 is 0. The summed E-state index contributed by atoms with van der Waals surface area (Å²) in [5.74, 6) is 2.57. The normalized spacial score (nSPS) is 12.8. The molecule has 1 rings (SSSR count). The predicted molar refractivity (Wildman–Crippen MR) is 83.9 cm³/mol. The maximum absolute atomic E-state index is 5.89. The van der Waals surface area contributed by atoms with Crippen molar-refractivity contribution in [3.63, 3.8) is 0 Å². The third kappa shape index (κ3) is 5.50. The number of rotatable bonds is 7. The third-order valence-corrected chi connectivity index (χ3v) is 3.10. The van der Waals surface area contributed by atoms with Gasteiger partial charge in [-0.3, -0.25) is 0 Å². The van der Waals surface area contributed by atoms with Crippen LogP contribution in [0.25, 0.3) is 0 Å². The molecule has 1 aromatic carbocycles. The Labute approximate surface area is 118 Å². The minimum absolute atomic E-state index is 0.369. The molecule has 0 saturated heterocycles. The molecule has 106 valence electrons. The van der Waals surface area contributed by atoms with Gasteiger partial charge in [0, 0.05) is 0 Å². The van der Waals surface area contributed by atoms with Crippen molar-refractivity contribution in [3.8, 4) is 5.75 Å². The van der Waals surface area contributed by atoms with E-state index in [0.29, 0.717) is 17.8 Å². The van der Waals surface area contributed by atoms with E-state index in [-0.39, 0.29) is 0 Å². The topological polar surface area (TPSA) is 9.23 Å². The largest absolute Gasteiger partial charge is 0.493 e. The second-order valence-electron chi connectivity index (χ2n) is 6.24. The van der Waals surface area contributed by atoms with Gasteiger partial charge in [0.25, 0.3) is 0 Å². The number of benzene rings is 1. The van der Waals surface area contributed by atoms with Crippen LogP contribution in [0.15, 0.2) is 30.9 Å². The summed E-state index contributed by atoms with van der Waals surface area (Å²) in [6.07, 6.45) is 3.08. The van der Waals surface area contributed by atoms with E-state index in [4.69, 9.17) is 4.74 Å². The lowest BCUT2D eigenvalue weighted by Gasteiger charge is -2.15. The first-order valence-electron chi connectivity index (χ1n) is 7.31. The fraction of sp³-hybridized carbons (Fsp3) is 0.556. The fourth-order valence-corrected chi connectivity index (χ4v) is 2.02. The van der Waals surface area contributed by atoms with Crippen molar-refractivity contribution < 1.29 is 4.74 Å². The first-order chi connectivity index (χ1) is 8.92. The van der Waals surface area contributed by atoms with Crippen LogP contribution in [0.1, 0.15) is 51.7 Å². The van der Waals surface area contributed by atoms with Crippen molar-refractivity contribution in [2.45, 2.75) is 47.0 Å². The Kier molecular flexibility index (Phi) is 6.14. The van der Waals surface area contributed by atoms with Crippen molar-refractivity contribution in [2.24, 2.45) is 11.8 Å². The lowest BCUT2D eigenvalue weighted by molar-refractivity contribution is 0.270. The quantitative estimate of drug-likeness (QED) is 0.611. The summed E-state index contributed by atoms with van der Waals surface area (Å²) in [7, 11) is 0. The number of hydrogen-bond acceptors (Lipinski definition) is 1. The van der Waals surface area contributed by atoms with Crippen molar-refractivity contribution >= 4 is 0 Å². The summed E-state index contributed by atoms with van der Waals surface area (Å²) < 4.78 is 5.89. The Morgan fingerprint density at radius 1 is 1.05 bits per heavy atom. The van der Waals surface area contributed by atoms with Crippen LogP contribution in [-0.4, -0.2) is 6.61 Å². The van der Waals surface area contributed by atoms with Crippen LogP contribution in [0, 0.1) is 11.8 Å². The van der Waals surface area contributed by atoms with Gasteiger partial charge in [-0.25, -0.2) is 0 Å².